The van der Waals surface area contributed by atoms with Gasteiger partial charge in [-0.3, -0.25) is 0 Å². The number of methoxy groups -OCH3 is 2. The van der Waals surface area contributed by atoms with E-state index >= 15 is 0 Å². The van der Waals surface area contributed by atoms with Crippen molar-refractivity contribution in [1.82, 2.24) is 0 Å². The van der Waals surface area contributed by atoms with E-state index in [-0.39, 0.29) is 12.4 Å². The topological polar surface area (TPSA) is 36.9 Å². The van der Waals surface area contributed by atoms with Crippen molar-refractivity contribution in [2.75, 3.05) is 20.8 Å². The molecule has 0 radical (unpaired) electrons. The monoisotopic (exact) mass is 238 g/mol. The molecule has 94 valence electrons. The van der Waals surface area contributed by atoms with E-state index in [0.29, 0.717) is 11.5 Å². The lowest BCUT2D eigenvalue weighted by Gasteiger charge is -2.28. The van der Waals surface area contributed by atoms with Gasteiger partial charge in [-0.05, 0) is 25.5 Å². The summed E-state index contributed by atoms with van der Waals surface area (Å²) in [7, 11) is 3.24. The summed E-state index contributed by atoms with van der Waals surface area (Å²) in [6.07, 6.45) is 0.851. The molecule has 1 fully saturated rings. The van der Waals surface area contributed by atoms with Crippen LogP contribution in [0.15, 0.2) is 18.2 Å². The third-order valence-electron chi connectivity index (χ3n) is 2.83. The second kappa shape index (κ2) is 5.38. The van der Waals surface area contributed by atoms with E-state index in [1.807, 2.05) is 18.2 Å². The van der Waals surface area contributed by atoms with Crippen molar-refractivity contribution in [3.8, 4) is 11.5 Å². The van der Waals surface area contributed by atoms with E-state index in [4.69, 9.17) is 18.9 Å². The largest absolute Gasteiger partial charge is 0.493 e. The molecule has 2 rings (SSSR count). The molecule has 0 N–H and O–H groups in total. The molecule has 0 saturated carbocycles. The molecule has 0 bridgehead atoms. The molecule has 4 nitrogen and oxygen atoms in total. The predicted octanol–water partition coefficient (Wildman–Crippen LogP) is 2.53. The predicted molar refractivity (Wildman–Crippen MR) is 63.4 cm³/mol. The summed E-state index contributed by atoms with van der Waals surface area (Å²) in [4.78, 5) is 0. The molecule has 1 heterocycles. The molecule has 0 aliphatic carbocycles. The van der Waals surface area contributed by atoms with Crippen molar-refractivity contribution < 1.29 is 18.9 Å². The highest BCUT2D eigenvalue weighted by molar-refractivity contribution is 5.43. The van der Waals surface area contributed by atoms with Crippen molar-refractivity contribution in [2.24, 2.45) is 0 Å². The summed E-state index contributed by atoms with van der Waals surface area (Å²) in [6, 6.07) is 5.69. The SMILES string of the molecule is COc1ccc(C2OCCC(C)O2)cc1OC. The molecular weight excluding hydrogens is 220 g/mol. The zero-order valence-corrected chi connectivity index (χ0v) is 10.4. The number of hydrogen-bond donors (Lipinski definition) is 0. The molecule has 1 aromatic rings. The Morgan fingerprint density at radius 3 is 2.59 bits per heavy atom. The highest BCUT2D eigenvalue weighted by Gasteiger charge is 2.22. The van der Waals surface area contributed by atoms with E-state index in [1.165, 1.54) is 0 Å². The van der Waals surface area contributed by atoms with Crippen molar-refractivity contribution in [1.29, 1.82) is 0 Å². The number of benzene rings is 1. The minimum Gasteiger partial charge on any atom is -0.493 e. The second-order valence-electron chi connectivity index (χ2n) is 4.05. The Bertz CT molecular complexity index is 378. The molecule has 1 saturated heterocycles. The lowest BCUT2D eigenvalue weighted by atomic mass is 10.1. The van der Waals surface area contributed by atoms with Crippen LogP contribution in [0.1, 0.15) is 25.2 Å². The fraction of sp³-hybridized carbons (Fsp3) is 0.538. The zero-order chi connectivity index (χ0) is 12.3. The minimum absolute atomic E-state index is 0.224. The van der Waals surface area contributed by atoms with Crippen molar-refractivity contribution >= 4 is 0 Å². The van der Waals surface area contributed by atoms with E-state index in [2.05, 4.69) is 6.92 Å². The lowest BCUT2D eigenvalue weighted by Crippen LogP contribution is -2.24. The van der Waals surface area contributed by atoms with Crippen LogP contribution in [0.2, 0.25) is 0 Å². The standard InChI is InChI=1S/C13H18O4/c1-9-6-7-16-13(17-9)10-4-5-11(14-2)12(8-10)15-3/h4-5,8-9,13H,6-7H2,1-3H3. The fourth-order valence-electron chi connectivity index (χ4n) is 1.83. The summed E-state index contributed by atoms with van der Waals surface area (Å²) in [5, 5.41) is 0. The van der Waals surface area contributed by atoms with E-state index in [1.54, 1.807) is 14.2 Å². The average molecular weight is 238 g/mol. The maximum atomic E-state index is 5.73. The summed E-state index contributed by atoms with van der Waals surface area (Å²) in [5.74, 6) is 1.40. The van der Waals surface area contributed by atoms with Crippen LogP contribution in [0, 0.1) is 0 Å². The van der Waals surface area contributed by atoms with Crippen LogP contribution in [0.3, 0.4) is 0 Å². The smallest absolute Gasteiger partial charge is 0.184 e. The van der Waals surface area contributed by atoms with Gasteiger partial charge in [-0.2, -0.15) is 0 Å². The molecule has 4 heteroatoms. The highest BCUT2D eigenvalue weighted by Crippen LogP contribution is 2.33. The molecule has 2 atom stereocenters. The normalized spacial score (nSPS) is 24.4. The van der Waals surface area contributed by atoms with Gasteiger partial charge < -0.3 is 18.9 Å². The Labute approximate surface area is 101 Å². The van der Waals surface area contributed by atoms with Crippen LogP contribution < -0.4 is 9.47 Å². The van der Waals surface area contributed by atoms with E-state index in [0.717, 1.165) is 18.6 Å². The fourth-order valence-corrected chi connectivity index (χ4v) is 1.83. The minimum atomic E-state index is -0.307. The first-order valence-corrected chi connectivity index (χ1v) is 5.73. The number of rotatable bonds is 3. The van der Waals surface area contributed by atoms with Crippen LogP contribution in [0.4, 0.5) is 0 Å². The number of hydrogen-bond acceptors (Lipinski definition) is 4. The molecule has 1 aliphatic heterocycles. The Balaban J connectivity index is 2.20. The van der Waals surface area contributed by atoms with Crippen molar-refractivity contribution in [2.45, 2.75) is 25.7 Å². The van der Waals surface area contributed by atoms with E-state index < -0.39 is 0 Å². The highest BCUT2D eigenvalue weighted by atomic mass is 16.7. The first-order chi connectivity index (χ1) is 8.24. The maximum Gasteiger partial charge on any atom is 0.184 e. The van der Waals surface area contributed by atoms with Crippen LogP contribution in [0.25, 0.3) is 0 Å². The van der Waals surface area contributed by atoms with Gasteiger partial charge in [-0.1, -0.05) is 6.07 Å². The van der Waals surface area contributed by atoms with E-state index in [9.17, 15) is 0 Å². The molecule has 2 unspecified atom stereocenters. The van der Waals surface area contributed by atoms with Gasteiger partial charge in [0.25, 0.3) is 0 Å². The first kappa shape index (κ1) is 12.2. The zero-order valence-electron chi connectivity index (χ0n) is 10.4. The van der Waals surface area contributed by atoms with Gasteiger partial charge in [-0.15, -0.1) is 0 Å². The van der Waals surface area contributed by atoms with Crippen LogP contribution in [0.5, 0.6) is 11.5 Å². The molecule has 0 spiro atoms. The molecule has 1 aromatic carbocycles. The van der Waals surface area contributed by atoms with Crippen LogP contribution >= 0.6 is 0 Å². The summed E-state index contributed by atoms with van der Waals surface area (Å²) >= 11 is 0. The van der Waals surface area contributed by atoms with Gasteiger partial charge in [0.05, 0.1) is 26.9 Å². The van der Waals surface area contributed by atoms with Gasteiger partial charge in [-0.25, -0.2) is 0 Å². The Kier molecular flexibility index (Phi) is 3.86. The van der Waals surface area contributed by atoms with Gasteiger partial charge in [0.2, 0.25) is 0 Å². The Morgan fingerprint density at radius 2 is 1.94 bits per heavy atom. The third kappa shape index (κ3) is 2.70. The van der Waals surface area contributed by atoms with Crippen molar-refractivity contribution in [3.63, 3.8) is 0 Å². The van der Waals surface area contributed by atoms with Gasteiger partial charge in [0.1, 0.15) is 0 Å². The summed E-state index contributed by atoms with van der Waals surface area (Å²) in [5.41, 5.74) is 0.953. The molecule has 17 heavy (non-hydrogen) atoms. The van der Waals surface area contributed by atoms with Crippen molar-refractivity contribution in [3.05, 3.63) is 23.8 Å². The summed E-state index contributed by atoms with van der Waals surface area (Å²) in [6.45, 7) is 2.77. The molecule has 0 aromatic heterocycles. The maximum absolute atomic E-state index is 5.73. The third-order valence-corrected chi connectivity index (χ3v) is 2.83. The van der Waals surface area contributed by atoms with Crippen LogP contribution in [-0.2, 0) is 9.47 Å². The average Bonchev–Trinajstić information content (AvgIpc) is 2.38. The second-order valence-corrected chi connectivity index (χ2v) is 4.05. The Hall–Kier alpha value is -1.26. The summed E-state index contributed by atoms with van der Waals surface area (Å²) < 4.78 is 21.8. The van der Waals surface area contributed by atoms with Gasteiger partial charge >= 0.3 is 0 Å². The molecular formula is C13H18O4. The Morgan fingerprint density at radius 1 is 1.18 bits per heavy atom. The quantitative estimate of drug-likeness (QED) is 0.810. The number of ether oxygens (including phenoxy) is 4. The molecule has 0 amide bonds. The van der Waals surface area contributed by atoms with Gasteiger partial charge in [0, 0.05) is 5.56 Å². The first-order valence-electron chi connectivity index (χ1n) is 5.73. The van der Waals surface area contributed by atoms with Gasteiger partial charge in [0.15, 0.2) is 17.8 Å². The molecule has 1 aliphatic rings. The lowest BCUT2D eigenvalue weighted by molar-refractivity contribution is -0.212. The van der Waals surface area contributed by atoms with Crippen LogP contribution in [-0.4, -0.2) is 26.9 Å².